The minimum Gasteiger partial charge on any atom is -0.381 e. The molecule has 10 aromatic rings. The van der Waals surface area contributed by atoms with Crippen molar-refractivity contribution in [3.63, 3.8) is 0 Å². The summed E-state index contributed by atoms with van der Waals surface area (Å²) in [6.07, 6.45) is 9.56. The summed E-state index contributed by atoms with van der Waals surface area (Å²) in [6.45, 7) is 32.0. The number of aromatic nitrogens is 6. The van der Waals surface area contributed by atoms with Crippen LogP contribution >= 0.6 is 0 Å². The van der Waals surface area contributed by atoms with Crippen LogP contribution in [0.3, 0.4) is 0 Å². The topological polar surface area (TPSA) is 277 Å². The minimum atomic E-state index is -0.279. The summed E-state index contributed by atoms with van der Waals surface area (Å²) in [5, 5.41) is 41.2. The zero-order valence-corrected chi connectivity index (χ0v) is 67.2. The fourth-order valence-corrected chi connectivity index (χ4v) is 15.8. The zero-order valence-electron chi connectivity index (χ0n) is 67.2. The van der Waals surface area contributed by atoms with Crippen molar-refractivity contribution in [3.8, 4) is 22.3 Å². The van der Waals surface area contributed by atoms with Crippen LogP contribution in [-0.2, 0) is 68.1 Å². The van der Waals surface area contributed by atoms with Crippen LogP contribution in [0.15, 0.2) is 146 Å². The van der Waals surface area contributed by atoms with Gasteiger partial charge in [-0.25, -0.2) is 19.3 Å². The Hall–Kier alpha value is -10.5. The SMILES string of the molecule is C.CCc1nc2c(cnn2CC)c(NC2CCOCC2)c1CNC(=O)c1cccc(C(=O)NCc2cc(C)cc(-c3cccc(C=O)c3)c2)c1.CCc1nc2c(cnn2CC)c(NC2CCOCC2)c1CNC(=O)c1cccc(C(=O)NCc2cc(C)cc(-c3cccc(CN4C[C@@H](C)N[C@@H](C)C4)c3)c2)c1.C[C@@H]1CNC[C@H](C)N1. The van der Waals surface area contributed by atoms with Crippen molar-refractivity contribution in [1.29, 1.82) is 0 Å². The van der Waals surface area contributed by atoms with Gasteiger partial charge in [-0.3, -0.25) is 28.9 Å². The molecule has 0 unspecified atom stereocenters. The minimum absolute atomic E-state index is 0. The Morgan fingerprint density at radius 1 is 0.482 bits per heavy atom. The lowest BCUT2D eigenvalue weighted by atomic mass is 9.98. The zero-order chi connectivity index (χ0) is 79.5. The highest BCUT2D eigenvalue weighted by Gasteiger charge is 2.27. The summed E-state index contributed by atoms with van der Waals surface area (Å²) in [7, 11) is 0. The van der Waals surface area contributed by atoms with Crippen molar-refractivity contribution in [2.75, 3.05) is 63.2 Å². The third-order valence-corrected chi connectivity index (χ3v) is 21.3. The first kappa shape index (κ1) is 84.4. The van der Waals surface area contributed by atoms with Gasteiger partial charge in [-0.2, -0.15) is 10.2 Å². The number of rotatable bonds is 25. The molecule has 14 rings (SSSR count). The molecule has 0 bridgehead atoms. The molecule has 0 saturated carbocycles. The van der Waals surface area contributed by atoms with Crippen molar-refractivity contribution in [2.45, 2.75) is 197 Å². The fraction of sp³-hybridized carbons (Fsp3) is 0.418. The van der Waals surface area contributed by atoms with E-state index in [1.807, 2.05) is 65.9 Å². The average molecular weight is 1550 g/mol. The number of nitrogens with one attached hydrogen (secondary N) is 9. The number of ether oxygens (including phenoxy) is 2. The molecular weight excluding hydrogens is 1430 g/mol. The van der Waals surface area contributed by atoms with Crippen LogP contribution < -0.4 is 47.9 Å². The molecule has 4 saturated heterocycles. The quantitative estimate of drug-likeness (QED) is 0.0241. The molecule has 9 N–H and O–H groups in total. The third-order valence-electron chi connectivity index (χ3n) is 21.3. The Morgan fingerprint density at radius 3 is 1.30 bits per heavy atom. The first-order chi connectivity index (χ1) is 54.8. The van der Waals surface area contributed by atoms with Crippen molar-refractivity contribution in [1.82, 2.24) is 71.6 Å². The first-order valence-corrected chi connectivity index (χ1v) is 40.4. The van der Waals surface area contributed by atoms with Crippen LogP contribution in [0.4, 0.5) is 11.4 Å². The molecule has 0 radical (unpaired) electrons. The number of hydrogen-bond donors (Lipinski definition) is 9. The molecule has 23 heteroatoms. The van der Waals surface area contributed by atoms with Crippen molar-refractivity contribution >= 4 is 63.4 Å². The van der Waals surface area contributed by atoms with E-state index in [1.165, 1.54) is 5.56 Å². The molecule has 4 aromatic heterocycles. The van der Waals surface area contributed by atoms with Crippen molar-refractivity contribution in [2.24, 2.45) is 0 Å². The molecular formula is C91H116N16O7. The second-order valence-electron chi connectivity index (χ2n) is 30.5. The van der Waals surface area contributed by atoms with Gasteiger partial charge in [0.2, 0.25) is 0 Å². The van der Waals surface area contributed by atoms with Gasteiger partial charge in [0.25, 0.3) is 23.6 Å². The predicted octanol–water partition coefficient (Wildman–Crippen LogP) is 13.5. The molecule has 4 amide bonds. The smallest absolute Gasteiger partial charge is 0.251 e. The van der Waals surface area contributed by atoms with Crippen LogP contribution in [0.2, 0.25) is 0 Å². The monoisotopic (exact) mass is 1540 g/mol. The van der Waals surface area contributed by atoms with E-state index in [0.29, 0.717) is 117 Å². The van der Waals surface area contributed by atoms with Crippen LogP contribution in [0, 0.1) is 13.8 Å². The number of nitrogens with zero attached hydrogens (tertiary/aromatic N) is 7. The lowest BCUT2D eigenvalue weighted by Crippen LogP contribution is -2.53. The van der Waals surface area contributed by atoms with Crippen molar-refractivity contribution in [3.05, 3.63) is 224 Å². The lowest BCUT2D eigenvalue weighted by Gasteiger charge is -2.36. The maximum Gasteiger partial charge on any atom is 0.251 e. The Morgan fingerprint density at radius 2 is 0.886 bits per heavy atom. The number of benzene rings is 6. The standard InChI is InChI=1S/C45H56N8O3.C39H42N6O4.C6H14N2.CH4/c1-6-41-39(42(50-38-14-16-56-17-15-38)40-25-48-53(7-2)43(40)51-41)24-47-45(55)36-13-9-12-35(22-36)44(54)46-23-33-18-29(3)19-37(21-33)34-11-8-10-32(20-34)28-52-26-30(4)49-31(5)27-52;1-4-35-33(36(43-32-12-14-49-15-13-32)34-23-42-45(5-2)37(34)44-35)22-41-39(48)30-11-7-10-29(20-30)38(47)40-21-27-16-25(3)17-31(19-27)28-9-6-8-26(18-28)24-46;1-5-3-7-4-6(2)8-5;/h8-13,18-22,25,30-31,38,49H,6-7,14-17,23-24,26-28H2,1-5H3,(H,46,54)(H,47,55)(H,50,51);6-11,16-20,23-24,32H,4-5,12-15,21-22H2,1-3H3,(H,40,47)(H,41,48)(H,43,44);5-8H,3-4H2,1-2H3;1H4/t30-,31+;;5-,6+;. The first-order valence-electron chi connectivity index (χ1n) is 40.4. The van der Waals surface area contributed by atoms with E-state index < -0.39 is 0 Å². The third kappa shape index (κ3) is 22.1. The molecule has 4 aliphatic rings. The Kier molecular flexibility index (Phi) is 30.0. The number of amides is 4. The van der Waals surface area contributed by atoms with Gasteiger partial charge in [0.15, 0.2) is 11.3 Å². The van der Waals surface area contributed by atoms with Gasteiger partial charge >= 0.3 is 0 Å². The molecule has 0 spiro atoms. The van der Waals surface area contributed by atoms with E-state index in [4.69, 9.17) is 19.4 Å². The van der Waals surface area contributed by atoms with Gasteiger partial charge in [-0.05, 0) is 194 Å². The summed E-state index contributed by atoms with van der Waals surface area (Å²) in [6, 6.07) is 45.2. The van der Waals surface area contributed by atoms with Crippen LogP contribution in [0.25, 0.3) is 44.3 Å². The molecule has 8 heterocycles. The number of fused-ring (bicyclic) bond motifs is 2. The van der Waals surface area contributed by atoms with Crippen LogP contribution in [0.1, 0.15) is 191 Å². The molecule has 23 nitrogen and oxygen atoms in total. The Balaban J connectivity index is 0.000000204. The van der Waals surface area contributed by atoms with Gasteiger partial charge in [-0.1, -0.05) is 105 Å². The number of hydrogen-bond acceptors (Lipinski definition) is 17. The second kappa shape index (κ2) is 40.5. The van der Waals surface area contributed by atoms with E-state index in [9.17, 15) is 24.0 Å². The number of aldehydes is 1. The number of carbonyl (C=O) groups excluding carboxylic acids is 5. The van der Waals surface area contributed by atoms with Crippen molar-refractivity contribution < 1.29 is 33.4 Å². The van der Waals surface area contributed by atoms with E-state index in [1.54, 1.807) is 54.6 Å². The number of aryl methyl sites for hydroxylation is 6. The average Bonchev–Trinajstić information content (AvgIpc) is 1.65. The molecule has 6 aromatic carbocycles. The predicted molar refractivity (Wildman–Crippen MR) is 455 cm³/mol. The molecule has 602 valence electrons. The van der Waals surface area contributed by atoms with E-state index in [-0.39, 0.29) is 56.2 Å². The number of piperazine rings is 2. The Labute approximate surface area is 671 Å². The van der Waals surface area contributed by atoms with Gasteiger partial charge in [0, 0.05) is 185 Å². The van der Waals surface area contributed by atoms with Gasteiger partial charge in [-0.15, -0.1) is 0 Å². The fourth-order valence-electron chi connectivity index (χ4n) is 15.8. The van der Waals surface area contributed by atoms with Gasteiger partial charge in [0.05, 0.1) is 34.5 Å². The van der Waals surface area contributed by atoms with Crippen LogP contribution in [0.5, 0.6) is 0 Å². The highest BCUT2D eigenvalue weighted by molar-refractivity contribution is 6.01. The maximum absolute atomic E-state index is 13.6. The van der Waals surface area contributed by atoms with E-state index in [2.05, 4.69) is 167 Å². The molecule has 114 heavy (non-hydrogen) atoms. The maximum atomic E-state index is 13.6. The van der Waals surface area contributed by atoms with Gasteiger partial charge < -0.3 is 57.3 Å². The molecule has 0 aliphatic carbocycles. The number of pyridine rings is 2. The summed E-state index contributed by atoms with van der Waals surface area (Å²) in [4.78, 5) is 77.6. The molecule has 4 fully saturated rings. The molecule has 4 atom stereocenters. The number of anilines is 2. The highest BCUT2D eigenvalue weighted by Crippen LogP contribution is 2.34. The second-order valence-corrected chi connectivity index (χ2v) is 30.5. The highest BCUT2D eigenvalue weighted by atomic mass is 16.5. The summed E-state index contributed by atoms with van der Waals surface area (Å²) in [5.74, 6) is -1.05. The van der Waals surface area contributed by atoms with E-state index in [0.717, 1.165) is 165 Å². The van der Waals surface area contributed by atoms with Gasteiger partial charge in [0.1, 0.15) is 6.29 Å². The summed E-state index contributed by atoms with van der Waals surface area (Å²) < 4.78 is 15.0. The summed E-state index contributed by atoms with van der Waals surface area (Å²) >= 11 is 0. The Bertz CT molecular complexity index is 4950. The van der Waals surface area contributed by atoms with Crippen LogP contribution in [-0.4, -0.2) is 153 Å². The van der Waals surface area contributed by atoms with E-state index >= 15 is 0 Å². The lowest BCUT2D eigenvalue weighted by molar-refractivity contribution is 0.0903. The molecule has 4 aliphatic heterocycles. The summed E-state index contributed by atoms with van der Waals surface area (Å²) in [5.41, 5.74) is 19.2. The number of carbonyl (C=O) groups is 5. The normalized spacial score (nSPS) is 17.3. The largest absolute Gasteiger partial charge is 0.381 e.